The number of aryl methyl sites for hydroxylation is 1. The van der Waals surface area contributed by atoms with Crippen LogP contribution in [0.15, 0.2) is 53.3 Å². The molecule has 0 saturated heterocycles. The first-order valence-corrected chi connectivity index (χ1v) is 8.03. The molecule has 3 nitrogen and oxygen atoms in total. The Morgan fingerprint density at radius 1 is 1.09 bits per heavy atom. The van der Waals surface area contributed by atoms with E-state index >= 15 is 0 Å². The van der Waals surface area contributed by atoms with E-state index in [2.05, 4.69) is 31.0 Å². The minimum Gasteiger partial charge on any atom is -0.288 e. The molecule has 0 fully saturated rings. The van der Waals surface area contributed by atoms with Gasteiger partial charge in [-0.1, -0.05) is 61.8 Å². The first-order valence-electron chi connectivity index (χ1n) is 8.03. The van der Waals surface area contributed by atoms with Crippen LogP contribution in [0, 0.1) is 12.8 Å². The van der Waals surface area contributed by atoms with Gasteiger partial charge < -0.3 is 0 Å². The van der Waals surface area contributed by atoms with Crippen LogP contribution in [0.4, 0.5) is 0 Å². The Labute approximate surface area is 137 Å². The fourth-order valence-electron chi connectivity index (χ4n) is 3.23. The minimum absolute atomic E-state index is 0.0129. The van der Waals surface area contributed by atoms with Crippen molar-refractivity contribution in [2.45, 2.75) is 26.8 Å². The third-order valence-corrected chi connectivity index (χ3v) is 4.28. The zero-order valence-electron chi connectivity index (χ0n) is 14.1. The Balaban J connectivity index is 2.31. The summed E-state index contributed by atoms with van der Waals surface area (Å²) in [6.07, 6.45) is 0. The standard InChI is InChI=1S/C19H21BN2O/c1-12(2)18(14-7-5-4-6-8-14)22-13(3)21-17-10-9-15(20)11-16(17)19(22)23/h4-12,18H,20H2,1-3H3. The summed E-state index contributed by atoms with van der Waals surface area (Å²) in [7, 11) is 2.00. The second-order valence-corrected chi connectivity index (χ2v) is 6.45. The quantitative estimate of drug-likeness (QED) is 0.695. The normalized spacial score (nSPS) is 12.7. The lowest BCUT2D eigenvalue weighted by atomic mass is 9.94. The summed E-state index contributed by atoms with van der Waals surface area (Å²) in [5.41, 5.74) is 3.03. The summed E-state index contributed by atoms with van der Waals surface area (Å²) in [6, 6.07) is 16.0. The maximum absolute atomic E-state index is 13.1. The predicted octanol–water partition coefficient (Wildman–Crippen LogP) is 2.21. The van der Waals surface area contributed by atoms with Gasteiger partial charge >= 0.3 is 0 Å². The minimum atomic E-state index is -0.0129. The Bertz CT molecular complexity index is 900. The van der Waals surface area contributed by atoms with Crippen LogP contribution in [0.1, 0.15) is 31.3 Å². The molecule has 0 spiro atoms. The molecular formula is C19H21BN2O. The summed E-state index contributed by atoms with van der Waals surface area (Å²) >= 11 is 0. The van der Waals surface area contributed by atoms with E-state index < -0.39 is 0 Å². The molecule has 116 valence electrons. The van der Waals surface area contributed by atoms with Crippen molar-refractivity contribution in [3.8, 4) is 0 Å². The molecule has 1 atom stereocenters. The van der Waals surface area contributed by atoms with Crippen LogP contribution < -0.4 is 11.0 Å². The number of nitrogens with zero attached hydrogens (tertiary/aromatic N) is 2. The van der Waals surface area contributed by atoms with Gasteiger partial charge in [-0.05, 0) is 24.5 Å². The van der Waals surface area contributed by atoms with Gasteiger partial charge in [0.15, 0.2) is 0 Å². The van der Waals surface area contributed by atoms with E-state index in [4.69, 9.17) is 0 Å². The first kappa shape index (κ1) is 15.5. The fraction of sp³-hybridized carbons (Fsp3) is 0.263. The van der Waals surface area contributed by atoms with E-state index in [9.17, 15) is 4.79 Å². The summed E-state index contributed by atoms with van der Waals surface area (Å²) < 4.78 is 1.85. The molecule has 0 saturated carbocycles. The van der Waals surface area contributed by atoms with E-state index in [1.807, 2.05) is 55.7 Å². The number of aromatic nitrogens is 2. The molecule has 3 aromatic rings. The van der Waals surface area contributed by atoms with E-state index in [-0.39, 0.29) is 17.5 Å². The molecule has 0 N–H and O–H groups in total. The van der Waals surface area contributed by atoms with Gasteiger partial charge in [0.05, 0.1) is 16.9 Å². The lowest BCUT2D eigenvalue weighted by molar-refractivity contribution is 0.416. The molecular weight excluding hydrogens is 283 g/mol. The SMILES string of the molecule is Bc1ccc2nc(C)n(C(c3ccccc3)C(C)C)c(=O)c2c1. The van der Waals surface area contributed by atoms with Gasteiger partial charge in [-0.25, -0.2) is 4.98 Å². The Hall–Kier alpha value is -2.36. The highest BCUT2D eigenvalue weighted by Gasteiger charge is 2.22. The highest BCUT2D eigenvalue weighted by atomic mass is 16.1. The monoisotopic (exact) mass is 304 g/mol. The molecule has 0 aliphatic rings. The maximum Gasteiger partial charge on any atom is 0.261 e. The molecule has 0 radical (unpaired) electrons. The number of fused-ring (bicyclic) bond motifs is 1. The third kappa shape index (κ3) is 2.81. The van der Waals surface area contributed by atoms with Crippen LogP contribution in [0.5, 0.6) is 0 Å². The molecule has 2 aromatic carbocycles. The van der Waals surface area contributed by atoms with Crippen LogP contribution in [-0.2, 0) is 0 Å². The van der Waals surface area contributed by atoms with Crippen molar-refractivity contribution in [3.63, 3.8) is 0 Å². The van der Waals surface area contributed by atoms with Crippen LogP contribution in [-0.4, -0.2) is 17.4 Å². The summed E-state index contributed by atoms with van der Waals surface area (Å²) in [4.78, 5) is 17.8. The number of benzene rings is 2. The van der Waals surface area contributed by atoms with E-state index in [1.54, 1.807) is 0 Å². The summed E-state index contributed by atoms with van der Waals surface area (Å²) in [6.45, 7) is 6.20. The maximum atomic E-state index is 13.1. The molecule has 0 aliphatic heterocycles. The lowest BCUT2D eigenvalue weighted by Crippen LogP contribution is -2.32. The number of rotatable bonds is 3. The molecule has 0 bridgehead atoms. The van der Waals surface area contributed by atoms with Crippen molar-refractivity contribution in [2.24, 2.45) is 5.92 Å². The average molecular weight is 304 g/mol. The molecule has 3 rings (SSSR count). The third-order valence-electron chi connectivity index (χ3n) is 4.28. The van der Waals surface area contributed by atoms with Gasteiger partial charge in [-0.3, -0.25) is 9.36 Å². The van der Waals surface area contributed by atoms with Gasteiger partial charge in [0.25, 0.3) is 5.56 Å². The Morgan fingerprint density at radius 2 is 1.78 bits per heavy atom. The second kappa shape index (κ2) is 6.03. The van der Waals surface area contributed by atoms with Crippen molar-refractivity contribution >= 4 is 24.2 Å². The van der Waals surface area contributed by atoms with E-state index in [1.165, 1.54) is 0 Å². The van der Waals surface area contributed by atoms with Crippen molar-refractivity contribution in [2.75, 3.05) is 0 Å². The van der Waals surface area contributed by atoms with Crippen molar-refractivity contribution in [1.82, 2.24) is 9.55 Å². The van der Waals surface area contributed by atoms with Crippen LogP contribution in [0.3, 0.4) is 0 Å². The van der Waals surface area contributed by atoms with Gasteiger partial charge in [0.2, 0.25) is 0 Å². The summed E-state index contributed by atoms with van der Waals surface area (Å²) in [5.74, 6) is 1.05. The molecule has 4 heteroatoms. The molecule has 1 unspecified atom stereocenters. The second-order valence-electron chi connectivity index (χ2n) is 6.45. The van der Waals surface area contributed by atoms with Gasteiger partial charge in [-0.2, -0.15) is 0 Å². The van der Waals surface area contributed by atoms with Crippen LogP contribution >= 0.6 is 0 Å². The van der Waals surface area contributed by atoms with E-state index in [0.717, 1.165) is 22.4 Å². The molecule has 1 aromatic heterocycles. The van der Waals surface area contributed by atoms with Gasteiger partial charge in [0, 0.05) is 0 Å². The zero-order valence-corrected chi connectivity index (χ0v) is 14.1. The van der Waals surface area contributed by atoms with Crippen molar-refractivity contribution in [1.29, 1.82) is 0 Å². The lowest BCUT2D eigenvalue weighted by Gasteiger charge is -2.26. The Morgan fingerprint density at radius 3 is 2.43 bits per heavy atom. The van der Waals surface area contributed by atoms with Crippen LogP contribution in [0.25, 0.3) is 10.9 Å². The predicted molar refractivity (Wildman–Crippen MR) is 98.3 cm³/mol. The largest absolute Gasteiger partial charge is 0.288 e. The molecule has 0 aliphatic carbocycles. The number of hydrogen-bond acceptors (Lipinski definition) is 2. The van der Waals surface area contributed by atoms with Gasteiger partial charge in [0.1, 0.15) is 13.7 Å². The molecule has 23 heavy (non-hydrogen) atoms. The molecule has 1 heterocycles. The van der Waals surface area contributed by atoms with E-state index in [0.29, 0.717) is 5.39 Å². The summed E-state index contributed by atoms with van der Waals surface area (Å²) in [5, 5.41) is 0.692. The smallest absolute Gasteiger partial charge is 0.261 e. The number of hydrogen-bond donors (Lipinski definition) is 0. The fourth-order valence-corrected chi connectivity index (χ4v) is 3.23. The zero-order chi connectivity index (χ0) is 16.6. The topological polar surface area (TPSA) is 34.9 Å². The van der Waals surface area contributed by atoms with Gasteiger partial charge in [-0.15, -0.1) is 0 Å². The highest BCUT2D eigenvalue weighted by Crippen LogP contribution is 2.26. The molecule has 0 amide bonds. The van der Waals surface area contributed by atoms with Crippen molar-refractivity contribution in [3.05, 3.63) is 70.3 Å². The highest BCUT2D eigenvalue weighted by molar-refractivity contribution is 6.33. The average Bonchev–Trinajstić information content (AvgIpc) is 2.52. The van der Waals surface area contributed by atoms with Crippen LogP contribution in [0.2, 0.25) is 0 Å². The first-order chi connectivity index (χ1) is 11.0. The Kier molecular flexibility index (Phi) is 4.08. The van der Waals surface area contributed by atoms with Crippen molar-refractivity contribution < 1.29 is 0 Å².